The zero-order valence-electron chi connectivity index (χ0n) is 16.0. The molecule has 2 aromatic carbocycles. The van der Waals surface area contributed by atoms with Gasteiger partial charge in [0.2, 0.25) is 0 Å². The molecule has 0 bridgehead atoms. The highest BCUT2D eigenvalue weighted by atomic mass is 16.5. The summed E-state index contributed by atoms with van der Waals surface area (Å²) in [5, 5.41) is 0. The van der Waals surface area contributed by atoms with Gasteiger partial charge in [-0.05, 0) is 62.5 Å². The number of fused-ring (bicyclic) bond motifs is 1. The van der Waals surface area contributed by atoms with Gasteiger partial charge in [-0.2, -0.15) is 0 Å². The molecule has 1 aromatic heterocycles. The van der Waals surface area contributed by atoms with Gasteiger partial charge in [-0.1, -0.05) is 24.3 Å². The first-order chi connectivity index (χ1) is 13.8. The molecule has 0 spiro atoms. The lowest BCUT2D eigenvalue weighted by Gasteiger charge is -2.31. The summed E-state index contributed by atoms with van der Waals surface area (Å²) in [6.07, 6.45) is 3.32. The second-order valence-electron chi connectivity index (χ2n) is 7.37. The molecule has 0 amide bonds. The fourth-order valence-electron chi connectivity index (χ4n) is 3.73. The zero-order chi connectivity index (χ0) is 19.2. The van der Waals surface area contributed by atoms with Crippen LogP contribution in [0, 0.1) is 5.92 Å². The fraction of sp³-hybridized carbons (Fsp3) is 0.409. The van der Waals surface area contributed by atoms with Crippen molar-refractivity contribution in [1.82, 2.24) is 14.9 Å². The van der Waals surface area contributed by atoms with Crippen LogP contribution in [0.4, 0.5) is 0 Å². The second kappa shape index (κ2) is 8.97. The van der Waals surface area contributed by atoms with Crippen molar-refractivity contribution in [2.75, 3.05) is 32.8 Å². The van der Waals surface area contributed by atoms with Gasteiger partial charge in [0.25, 0.3) is 0 Å². The van der Waals surface area contributed by atoms with Gasteiger partial charge < -0.3 is 24.3 Å². The topological polar surface area (TPSA) is 70.3 Å². The van der Waals surface area contributed by atoms with E-state index >= 15 is 0 Å². The number of nitrogens with zero attached hydrogens (tertiary/aromatic N) is 1. The van der Waals surface area contributed by atoms with Gasteiger partial charge in [0.1, 0.15) is 17.0 Å². The summed E-state index contributed by atoms with van der Waals surface area (Å²) in [6.45, 7) is 4.71. The second-order valence-corrected chi connectivity index (χ2v) is 7.37. The maximum atomic E-state index is 11.4. The van der Waals surface area contributed by atoms with Crippen LogP contribution >= 0.6 is 0 Å². The number of aromatic nitrogens is 2. The molecule has 0 atom stereocenters. The molecule has 2 heterocycles. The van der Waals surface area contributed by atoms with E-state index in [0.29, 0.717) is 12.5 Å². The number of benzene rings is 2. The van der Waals surface area contributed by atoms with Crippen LogP contribution in [0.25, 0.3) is 11.0 Å². The third-order valence-electron chi connectivity index (χ3n) is 5.33. The first kappa shape index (κ1) is 18.6. The predicted octanol–water partition coefficient (Wildman–Crippen LogP) is 3.42. The lowest BCUT2D eigenvalue weighted by molar-refractivity contribution is 0.135. The Labute approximate surface area is 164 Å². The average molecular weight is 381 g/mol. The summed E-state index contributed by atoms with van der Waals surface area (Å²) in [6, 6.07) is 15.7. The van der Waals surface area contributed by atoms with Crippen LogP contribution in [0.3, 0.4) is 0 Å². The molecule has 1 saturated heterocycles. The minimum absolute atomic E-state index is 0.204. The Balaban J connectivity index is 1.15. The summed E-state index contributed by atoms with van der Waals surface area (Å²) in [5.41, 5.74) is 1.32. The van der Waals surface area contributed by atoms with Crippen LogP contribution in [0.15, 0.2) is 53.3 Å². The summed E-state index contributed by atoms with van der Waals surface area (Å²) in [7, 11) is 0. The Morgan fingerprint density at radius 3 is 2.61 bits per heavy atom. The van der Waals surface area contributed by atoms with Gasteiger partial charge in [-0.15, -0.1) is 0 Å². The lowest BCUT2D eigenvalue weighted by atomic mass is 9.98. The van der Waals surface area contributed by atoms with E-state index in [1.807, 2.05) is 48.5 Å². The predicted molar refractivity (Wildman–Crippen MR) is 110 cm³/mol. The number of ether oxygens (including phenoxy) is 2. The third kappa shape index (κ3) is 4.75. The Hall–Kier alpha value is -2.73. The summed E-state index contributed by atoms with van der Waals surface area (Å²) >= 11 is 0. The van der Waals surface area contributed by atoms with E-state index < -0.39 is 0 Å². The molecule has 1 aliphatic rings. The van der Waals surface area contributed by atoms with Crippen molar-refractivity contribution >= 4 is 11.0 Å². The molecule has 0 aliphatic carbocycles. The molecule has 0 radical (unpaired) electrons. The molecule has 3 aromatic rings. The van der Waals surface area contributed by atoms with E-state index in [-0.39, 0.29) is 5.69 Å². The Morgan fingerprint density at radius 2 is 1.79 bits per heavy atom. The molecule has 6 heteroatoms. The van der Waals surface area contributed by atoms with E-state index in [9.17, 15) is 4.79 Å². The van der Waals surface area contributed by atoms with Crippen molar-refractivity contribution in [3.05, 3.63) is 59.0 Å². The van der Waals surface area contributed by atoms with Crippen LogP contribution < -0.4 is 15.2 Å². The maximum absolute atomic E-state index is 11.4. The fourth-order valence-corrected chi connectivity index (χ4v) is 3.73. The van der Waals surface area contributed by atoms with E-state index in [4.69, 9.17) is 9.47 Å². The van der Waals surface area contributed by atoms with Crippen molar-refractivity contribution in [1.29, 1.82) is 0 Å². The molecular weight excluding hydrogens is 354 g/mol. The first-order valence-electron chi connectivity index (χ1n) is 10.0. The van der Waals surface area contributed by atoms with Gasteiger partial charge in [0.15, 0.2) is 0 Å². The Kier molecular flexibility index (Phi) is 5.97. The quantitative estimate of drug-likeness (QED) is 0.587. The number of H-pyrrole nitrogens is 2. The minimum atomic E-state index is -0.204. The van der Waals surface area contributed by atoms with E-state index in [2.05, 4.69) is 14.9 Å². The summed E-state index contributed by atoms with van der Waals surface area (Å²) in [4.78, 5) is 19.5. The van der Waals surface area contributed by atoms with E-state index in [1.54, 1.807) is 0 Å². The maximum Gasteiger partial charge on any atom is 0.323 e. The molecule has 0 unspecified atom stereocenters. The number of para-hydroxylation sites is 2. The van der Waals surface area contributed by atoms with E-state index in [1.165, 1.54) is 12.8 Å². The molecule has 2 N–H and O–H groups in total. The molecule has 0 saturated carbocycles. The van der Waals surface area contributed by atoms with Crippen molar-refractivity contribution in [2.45, 2.75) is 19.3 Å². The lowest BCUT2D eigenvalue weighted by Crippen LogP contribution is -2.36. The van der Waals surface area contributed by atoms with Crippen molar-refractivity contribution in [3.63, 3.8) is 0 Å². The normalized spacial score (nSPS) is 15.7. The van der Waals surface area contributed by atoms with Crippen molar-refractivity contribution < 1.29 is 9.47 Å². The Bertz CT molecular complexity index is 927. The number of likely N-dealkylation sites (tertiary alicyclic amines) is 1. The highest BCUT2D eigenvalue weighted by Gasteiger charge is 2.19. The number of hydrogen-bond acceptors (Lipinski definition) is 4. The van der Waals surface area contributed by atoms with Crippen molar-refractivity contribution in [3.8, 4) is 11.5 Å². The molecule has 28 heavy (non-hydrogen) atoms. The van der Waals surface area contributed by atoms with E-state index in [0.717, 1.165) is 55.2 Å². The van der Waals surface area contributed by atoms with Gasteiger partial charge in [0.05, 0.1) is 18.7 Å². The van der Waals surface area contributed by atoms with Gasteiger partial charge in [-0.3, -0.25) is 0 Å². The standard InChI is InChI=1S/C22H27N3O3/c26-22-23-19-8-4-9-20(21(19)24-22)27-15-5-12-25-13-10-17(11-14-25)16-28-18-6-2-1-3-7-18/h1-4,6-9,17H,5,10-16H2,(H2,23,24,26). The van der Waals surface area contributed by atoms with Crippen molar-refractivity contribution in [2.24, 2.45) is 5.92 Å². The first-order valence-corrected chi connectivity index (χ1v) is 10.0. The SMILES string of the molecule is O=c1[nH]c2cccc(OCCCN3CCC(COc4ccccc4)CC3)c2[nH]1. The van der Waals surface area contributed by atoms with Crippen LogP contribution in [0.1, 0.15) is 19.3 Å². The number of nitrogens with one attached hydrogen (secondary N) is 2. The zero-order valence-corrected chi connectivity index (χ0v) is 16.0. The Morgan fingerprint density at radius 1 is 0.964 bits per heavy atom. The van der Waals surface area contributed by atoms with Gasteiger partial charge >= 0.3 is 5.69 Å². The van der Waals surface area contributed by atoms with Crippen LogP contribution in [0.2, 0.25) is 0 Å². The number of piperidine rings is 1. The molecular formula is C22H27N3O3. The van der Waals surface area contributed by atoms with Crippen LogP contribution in [0.5, 0.6) is 11.5 Å². The van der Waals surface area contributed by atoms with Gasteiger partial charge in [-0.25, -0.2) is 4.79 Å². The number of rotatable bonds is 8. The summed E-state index contributed by atoms with van der Waals surface area (Å²) < 4.78 is 11.8. The number of aromatic amines is 2. The number of hydrogen-bond donors (Lipinski definition) is 2. The third-order valence-corrected chi connectivity index (χ3v) is 5.33. The molecule has 4 rings (SSSR count). The molecule has 6 nitrogen and oxygen atoms in total. The highest BCUT2D eigenvalue weighted by molar-refractivity contribution is 5.80. The molecule has 1 fully saturated rings. The molecule has 1 aliphatic heterocycles. The largest absolute Gasteiger partial charge is 0.493 e. The average Bonchev–Trinajstić information content (AvgIpc) is 3.12. The highest BCUT2D eigenvalue weighted by Crippen LogP contribution is 2.22. The van der Waals surface area contributed by atoms with Crippen LogP contribution in [-0.4, -0.2) is 47.7 Å². The smallest absolute Gasteiger partial charge is 0.323 e. The minimum Gasteiger partial charge on any atom is -0.493 e. The summed E-state index contributed by atoms with van der Waals surface area (Å²) in [5.74, 6) is 2.32. The van der Waals surface area contributed by atoms with Crippen LogP contribution in [-0.2, 0) is 0 Å². The number of imidazole rings is 1. The monoisotopic (exact) mass is 381 g/mol. The van der Waals surface area contributed by atoms with Gasteiger partial charge in [0, 0.05) is 6.54 Å². The molecule has 148 valence electrons.